The molecule has 5 fully saturated rings. The van der Waals surface area contributed by atoms with E-state index >= 15 is 4.39 Å². The van der Waals surface area contributed by atoms with Crippen LogP contribution in [0.25, 0.3) is 0 Å². The number of amides is 3. The van der Waals surface area contributed by atoms with Crippen LogP contribution in [0.2, 0.25) is 0 Å². The van der Waals surface area contributed by atoms with Gasteiger partial charge in [-0.25, -0.2) is 9.48 Å². The normalized spacial score (nSPS) is 28.7. The Labute approximate surface area is 410 Å². The molecule has 4 aliphatic heterocycles. The lowest BCUT2D eigenvalue weighted by molar-refractivity contribution is -0.354. The molecular formula is C51H62F4N5O8PS. The Morgan fingerprint density at radius 3 is 2.36 bits per heavy atom. The number of carbonyl (C=O) groups excluding carboxylic acids is 4. The Morgan fingerprint density at radius 1 is 0.957 bits per heavy atom. The number of ether oxygens (including phenoxy) is 2. The largest absolute Gasteiger partial charge is 0.522 e. The highest BCUT2D eigenvalue weighted by atomic mass is 32.2. The van der Waals surface area contributed by atoms with Crippen LogP contribution in [0.3, 0.4) is 0 Å². The molecule has 4 heterocycles. The van der Waals surface area contributed by atoms with Crippen molar-refractivity contribution in [1.29, 1.82) is 0 Å². The molecule has 3 saturated heterocycles. The Hall–Kier alpha value is -4.48. The van der Waals surface area contributed by atoms with E-state index in [1.807, 2.05) is 37.1 Å². The molecule has 1 spiro atoms. The lowest BCUT2D eigenvalue weighted by Gasteiger charge is -2.47. The fraction of sp³-hybridized carbons (Fsp3) is 0.569. The molecule has 70 heavy (non-hydrogen) atoms. The molecule has 19 heteroatoms. The number of rotatable bonds is 16. The van der Waals surface area contributed by atoms with Crippen LogP contribution in [0.4, 0.5) is 17.6 Å². The molecule has 1 unspecified atom stereocenters. The van der Waals surface area contributed by atoms with E-state index in [-0.39, 0.29) is 85.0 Å². The predicted octanol–water partition coefficient (Wildman–Crippen LogP) is 8.82. The summed E-state index contributed by atoms with van der Waals surface area (Å²) in [5.74, 6) is -3.42. The van der Waals surface area contributed by atoms with Crippen molar-refractivity contribution in [2.24, 2.45) is 0 Å². The van der Waals surface area contributed by atoms with Crippen LogP contribution in [-0.4, -0.2) is 118 Å². The van der Waals surface area contributed by atoms with Crippen molar-refractivity contribution in [3.8, 4) is 5.75 Å². The molecule has 0 bridgehead atoms. The number of nitrogens with one attached hydrogen (secondary N) is 2. The monoisotopic (exact) mass is 1010 g/mol. The van der Waals surface area contributed by atoms with Gasteiger partial charge in [0.2, 0.25) is 23.6 Å². The first-order chi connectivity index (χ1) is 33.4. The molecule has 0 radical (unpaired) electrons. The number of fused-ring (bicyclic) bond motifs is 2. The molecular weight excluding hydrogens is 950 g/mol. The Bertz CT molecular complexity index is 2450. The lowest BCUT2D eigenvalue weighted by Crippen LogP contribution is -2.60. The van der Waals surface area contributed by atoms with Gasteiger partial charge in [-0.15, -0.1) is 24.9 Å². The van der Waals surface area contributed by atoms with Crippen molar-refractivity contribution < 1.29 is 55.3 Å². The molecule has 6 aliphatic rings. The van der Waals surface area contributed by atoms with Crippen LogP contribution in [0.1, 0.15) is 113 Å². The van der Waals surface area contributed by atoms with Gasteiger partial charge in [-0.2, -0.15) is 0 Å². The maximum Gasteiger partial charge on any atom is 0.522 e. The summed E-state index contributed by atoms with van der Waals surface area (Å²) in [6, 6.07) is 19.4. The summed E-state index contributed by atoms with van der Waals surface area (Å²) in [7, 11) is -2.60. The minimum absolute atomic E-state index is 0.0197. The van der Waals surface area contributed by atoms with Crippen molar-refractivity contribution >= 4 is 43.0 Å². The van der Waals surface area contributed by atoms with Gasteiger partial charge < -0.3 is 29.3 Å². The molecule has 3 aromatic rings. The molecule has 9 rings (SSSR count). The maximum atomic E-state index is 16.8. The number of alkyl halides is 4. The third kappa shape index (κ3) is 10.8. The summed E-state index contributed by atoms with van der Waals surface area (Å²) in [6.45, 7) is 3.96. The van der Waals surface area contributed by atoms with E-state index in [0.29, 0.717) is 49.1 Å². The zero-order valence-electron chi connectivity index (χ0n) is 39.7. The molecule has 3 amide bonds. The molecule has 378 valence electrons. The number of thioether (sulfide) groups is 1. The van der Waals surface area contributed by atoms with E-state index in [1.54, 1.807) is 35.2 Å². The van der Waals surface area contributed by atoms with Crippen LogP contribution in [0.15, 0.2) is 83.8 Å². The van der Waals surface area contributed by atoms with Gasteiger partial charge in [0.15, 0.2) is 0 Å². The number of carbonyl (C=O) groups is 4. The average molecular weight is 1010 g/mol. The van der Waals surface area contributed by atoms with E-state index in [1.165, 1.54) is 42.4 Å². The third-order valence-corrected chi connectivity index (χ3v) is 18.7. The van der Waals surface area contributed by atoms with Crippen LogP contribution in [0, 0.1) is 0 Å². The fourth-order valence-electron chi connectivity index (χ4n) is 11.3. The number of likely N-dealkylation sites (tertiary alicyclic amines) is 1. The molecule has 2 saturated carbocycles. The third-order valence-electron chi connectivity index (χ3n) is 15.3. The number of nitrogens with zero attached hydrogens (tertiary/aromatic N) is 3. The van der Waals surface area contributed by atoms with Gasteiger partial charge in [0.05, 0.1) is 18.0 Å². The first-order valence-electron chi connectivity index (χ1n) is 24.6. The lowest BCUT2D eigenvalue weighted by atomic mass is 9.85. The van der Waals surface area contributed by atoms with Gasteiger partial charge in [-0.1, -0.05) is 67.6 Å². The Kier molecular flexibility index (Phi) is 14.8. The van der Waals surface area contributed by atoms with Gasteiger partial charge in [0.25, 0.3) is 0 Å². The summed E-state index contributed by atoms with van der Waals surface area (Å²) in [5.41, 5.74) is 1.59. The summed E-state index contributed by atoms with van der Waals surface area (Å²) >= 11 is 1.27. The summed E-state index contributed by atoms with van der Waals surface area (Å²) in [5, 5.41) is 4.96. The van der Waals surface area contributed by atoms with E-state index in [9.17, 15) is 36.9 Å². The molecule has 3 aromatic carbocycles. The quantitative estimate of drug-likeness (QED) is 0.0807. The van der Waals surface area contributed by atoms with E-state index in [2.05, 4.69) is 32.2 Å². The second-order valence-corrected chi connectivity index (χ2v) is 23.3. The number of esters is 1. The smallest absolute Gasteiger partial charge is 0.465 e. The fourth-order valence-corrected chi connectivity index (χ4v) is 14.4. The SMILES string of the molecule is CCCOC(=O)[C@H](C)N[P@](=O)(Oc1ccccc1)[C@@H](F)c1ccc2c(c1)CC(C(=O)N[C@H]1CC[C@H](N(C)C3CC(OC(F)(F)F)C3)C[C@H]3CC[C@@H](C(=O)N4C[C@H](c5ccccc5)CC45CC5)N3C1=O)S2. The van der Waals surface area contributed by atoms with Gasteiger partial charge in [0, 0.05) is 41.0 Å². The molecule has 13 nitrogen and oxygen atoms in total. The topological polar surface area (TPSA) is 147 Å². The van der Waals surface area contributed by atoms with E-state index in [4.69, 9.17) is 9.26 Å². The zero-order chi connectivity index (χ0) is 49.5. The second-order valence-electron chi connectivity index (χ2n) is 20.0. The minimum atomic E-state index is -4.72. The maximum absolute atomic E-state index is 16.8. The molecule has 0 aromatic heterocycles. The van der Waals surface area contributed by atoms with Crippen molar-refractivity contribution in [2.75, 3.05) is 20.2 Å². The number of halogens is 4. The van der Waals surface area contributed by atoms with Gasteiger partial charge in [-0.3, -0.25) is 28.5 Å². The van der Waals surface area contributed by atoms with Crippen LogP contribution < -0.4 is 14.9 Å². The highest BCUT2D eigenvalue weighted by molar-refractivity contribution is 8.01. The minimum Gasteiger partial charge on any atom is -0.465 e. The summed E-state index contributed by atoms with van der Waals surface area (Å²) in [6.07, 6.45) is 0.495. The first kappa shape index (κ1) is 50.5. The first-order valence-corrected chi connectivity index (χ1v) is 27.2. The second kappa shape index (κ2) is 20.6. The number of para-hydroxylation sites is 1. The van der Waals surface area contributed by atoms with Crippen LogP contribution in [0.5, 0.6) is 5.75 Å². The number of benzene rings is 3. The molecule has 2 N–H and O–H groups in total. The molecule has 9 atom stereocenters. The van der Waals surface area contributed by atoms with Crippen LogP contribution >= 0.6 is 19.3 Å². The predicted molar refractivity (Wildman–Crippen MR) is 255 cm³/mol. The molecule has 2 aliphatic carbocycles. The van der Waals surface area contributed by atoms with Crippen molar-refractivity contribution in [2.45, 2.75) is 167 Å². The Morgan fingerprint density at radius 2 is 1.67 bits per heavy atom. The summed E-state index contributed by atoms with van der Waals surface area (Å²) < 4.78 is 85.8. The van der Waals surface area contributed by atoms with Gasteiger partial charge in [0.1, 0.15) is 23.9 Å². The van der Waals surface area contributed by atoms with Crippen molar-refractivity contribution in [1.82, 2.24) is 25.1 Å². The Balaban J connectivity index is 0.920. The summed E-state index contributed by atoms with van der Waals surface area (Å²) in [4.78, 5) is 63.5. The van der Waals surface area contributed by atoms with Gasteiger partial charge in [-0.05, 0) is 126 Å². The highest BCUT2D eigenvalue weighted by Gasteiger charge is 2.59. The van der Waals surface area contributed by atoms with Crippen molar-refractivity contribution in [3.05, 3.63) is 95.6 Å². The van der Waals surface area contributed by atoms with Crippen LogP contribution in [-0.2, 0) is 39.6 Å². The zero-order valence-corrected chi connectivity index (χ0v) is 41.4. The number of hydrogen-bond acceptors (Lipinski definition) is 10. The van der Waals surface area contributed by atoms with E-state index < -0.39 is 61.2 Å². The number of hydrogen-bond donors (Lipinski definition) is 2. The van der Waals surface area contributed by atoms with E-state index in [0.717, 1.165) is 19.3 Å². The highest BCUT2D eigenvalue weighted by Crippen LogP contribution is 2.59. The average Bonchev–Trinajstić information content (AvgIpc) is 3.59. The van der Waals surface area contributed by atoms with Gasteiger partial charge >= 0.3 is 19.9 Å². The van der Waals surface area contributed by atoms with Crippen molar-refractivity contribution in [3.63, 3.8) is 0 Å². The standard InChI is InChI=1S/C51H62F4N5O8PS/c1-4-23-66-49(64)31(2)57-69(65,68-39-13-9-6-10-14-39)45(52)33-15-20-43-34(24-33)25-44(70-43)46(61)56-41-18-16-36(58(3)38-27-40(28-38)67-51(53,54)55)26-37-17-19-42(60(37)47(41)62)48(63)59-30-35(29-50(59)21-22-50)32-11-7-5-8-12-32/h5-15,20,24,31,35-38,40-42,44-45H,4,16-19,21-23,25-30H2,1-3H3,(H,56,61)(H,57,65)/t31-,35+,36-,37+,38?,40?,41-,42-,44?,45+,69+/m0/s1.